The first kappa shape index (κ1) is 14.2. The second-order valence-corrected chi connectivity index (χ2v) is 5.38. The van der Waals surface area contributed by atoms with E-state index in [0.29, 0.717) is 37.3 Å². The highest BCUT2D eigenvalue weighted by atomic mass is 16.2. The van der Waals surface area contributed by atoms with Gasteiger partial charge >= 0.3 is 0 Å². The zero-order valence-corrected chi connectivity index (χ0v) is 12.0. The number of piperidine rings is 1. The molecule has 22 heavy (non-hydrogen) atoms. The molecule has 0 saturated carbocycles. The Morgan fingerprint density at radius 2 is 2.09 bits per heavy atom. The van der Waals surface area contributed by atoms with Crippen molar-refractivity contribution in [1.82, 2.24) is 20.1 Å². The number of aromatic nitrogens is 3. The fourth-order valence-corrected chi connectivity index (χ4v) is 2.63. The first-order valence-corrected chi connectivity index (χ1v) is 7.19. The predicted octanol–water partition coefficient (Wildman–Crippen LogP) is 0.809. The highest BCUT2D eigenvalue weighted by Gasteiger charge is 2.27. The van der Waals surface area contributed by atoms with E-state index in [9.17, 15) is 9.59 Å². The molecular weight excluding hydrogens is 282 g/mol. The van der Waals surface area contributed by atoms with E-state index >= 15 is 0 Å². The number of aromatic amines is 1. The Hall–Kier alpha value is -2.70. The minimum absolute atomic E-state index is 0.106. The maximum Gasteiger partial charge on any atom is 0.271 e. The average molecular weight is 299 g/mol. The Kier molecular flexibility index (Phi) is 3.86. The molecule has 0 atom stereocenters. The number of hydrogen-bond donors (Lipinski definition) is 2. The third kappa shape index (κ3) is 2.83. The van der Waals surface area contributed by atoms with E-state index in [1.807, 2.05) is 12.1 Å². The molecule has 0 aromatic carbocycles. The third-order valence-electron chi connectivity index (χ3n) is 3.95. The lowest BCUT2D eigenvalue weighted by Gasteiger charge is -2.30. The normalized spacial score (nSPS) is 15.7. The van der Waals surface area contributed by atoms with Gasteiger partial charge in [0.05, 0.1) is 5.69 Å². The number of carbonyl (C=O) groups excluding carboxylic acids is 2. The second kappa shape index (κ2) is 5.97. The molecule has 0 unspecified atom stereocenters. The van der Waals surface area contributed by atoms with E-state index in [1.165, 1.54) is 0 Å². The lowest BCUT2D eigenvalue weighted by atomic mass is 9.96. The maximum atomic E-state index is 12.4. The SMILES string of the molecule is NC(=O)C1CCN(C(=O)c2cc(-c3cccnc3)n[nH]2)CC1. The van der Waals surface area contributed by atoms with Crippen LogP contribution in [0.25, 0.3) is 11.3 Å². The summed E-state index contributed by atoms with van der Waals surface area (Å²) in [6.45, 7) is 1.07. The van der Waals surface area contributed by atoms with Crippen LogP contribution in [0.5, 0.6) is 0 Å². The van der Waals surface area contributed by atoms with Crippen molar-refractivity contribution >= 4 is 11.8 Å². The van der Waals surface area contributed by atoms with Crippen molar-refractivity contribution in [2.45, 2.75) is 12.8 Å². The third-order valence-corrected chi connectivity index (χ3v) is 3.95. The molecule has 0 radical (unpaired) electrons. The number of primary amides is 1. The van der Waals surface area contributed by atoms with Crippen LogP contribution in [0.1, 0.15) is 23.3 Å². The van der Waals surface area contributed by atoms with Gasteiger partial charge in [0.1, 0.15) is 5.69 Å². The Morgan fingerprint density at radius 1 is 1.32 bits per heavy atom. The van der Waals surface area contributed by atoms with Crippen molar-refractivity contribution in [2.24, 2.45) is 11.7 Å². The fraction of sp³-hybridized carbons (Fsp3) is 0.333. The molecule has 0 spiro atoms. The number of pyridine rings is 1. The van der Waals surface area contributed by atoms with Crippen molar-refractivity contribution in [3.8, 4) is 11.3 Å². The van der Waals surface area contributed by atoms with Crippen LogP contribution in [0.3, 0.4) is 0 Å². The molecular formula is C15H17N5O2. The van der Waals surface area contributed by atoms with E-state index < -0.39 is 0 Å². The second-order valence-electron chi connectivity index (χ2n) is 5.38. The summed E-state index contributed by atoms with van der Waals surface area (Å²) in [5, 5.41) is 6.93. The van der Waals surface area contributed by atoms with Gasteiger partial charge in [-0.1, -0.05) is 0 Å². The highest BCUT2D eigenvalue weighted by Crippen LogP contribution is 2.20. The Bertz CT molecular complexity index is 674. The van der Waals surface area contributed by atoms with Gasteiger partial charge in [0.15, 0.2) is 0 Å². The van der Waals surface area contributed by atoms with Gasteiger partial charge in [0.2, 0.25) is 5.91 Å². The van der Waals surface area contributed by atoms with E-state index in [-0.39, 0.29) is 17.7 Å². The van der Waals surface area contributed by atoms with E-state index in [0.717, 1.165) is 5.56 Å². The number of carbonyl (C=O) groups is 2. The van der Waals surface area contributed by atoms with Crippen LogP contribution >= 0.6 is 0 Å². The Labute approximate surface area is 127 Å². The number of nitrogens with zero attached hydrogens (tertiary/aromatic N) is 3. The van der Waals surface area contributed by atoms with Gasteiger partial charge in [0.25, 0.3) is 5.91 Å². The average Bonchev–Trinajstić information content (AvgIpc) is 3.05. The van der Waals surface area contributed by atoms with Crippen molar-refractivity contribution in [2.75, 3.05) is 13.1 Å². The summed E-state index contributed by atoms with van der Waals surface area (Å²) in [5.41, 5.74) is 7.28. The molecule has 114 valence electrons. The van der Waals surface area contributed by atoms with Gasteiger partial charge in [-0.2, -0.15) is 5.10 Å². The molecule has 7 heteroatoms. The largest absolute Gasteiger partial charge is 0.369 e. The van der Waals surface area contributed by atoms with Crippen molar-refractivity contribution in [3.63, 3.8) is 0 Å². The molecule has 3 N–H and O–H groups in total. The summed E-state index contributed by atoms with van der Waals surface area (Å²) in [5.74, 6) is -0.519. The topological polar surface area (TPSA) is 105 Å². The molecule has 1 aliphatic heterocycles. The van der Waals surface area contributed by atoms with Crippen LogP contribution in [0.4, 0.5) is 0 Å². The minimum atomic E-state index is -0.285. The fourth-order valence-electron chi connectivity index (χ4n) is 2.63. The number of nitrogens with two attached hydrogens (primary N) is 1. The lowest BCUT2D eigenvalue weighted by Crippen LogP contribution is -2.41. The molecule has 7 nitrogen and oxygen atoms in total. The van der Waals surface area contributed by atoms with Crippen LogP contribution in [0, 0.1) is 5.92 Å². The molecule has 0 bridgehead atoms. The van der Waals surface area contributed by atoms with Crippen LogP contribution in [0.15, 0.2) is 30.6 Å². The number of likely N-dealkylation sites (tertiary alicyclic amines) is 1. The molecule has 1 aliphatic rings. The van der Waals surface area contributed by atoms with Gasteiger partial charge in [-0.15, -0.1) is 0 Å². The summed E-state index contributed by atoms with van der Waals surface area (Å²) in [6, 6.07) is 5.43. The molecule has 3 rings (SSSR count). The number of hydrogen-bond acceptors (Lipinski definition) is 4. The summed E-state index contributed by atoms with van der Waals surface area (Å²) >= 11 is 0. The molecule has 1 saturated heterocycles. The number of rotatable bonds is 3. The summed E-state index contributed by atoms with van der Waals surface area (Å²) in [7, 11) is 0. The van der Waals surface area contributed by atoms with Gasteiger partial charge in [-0.05, 0) is 31.0 Å². The number of H-pyrrole nitrogens is 1. The molecule has 2 amide bonds. The van der Waals surface area contributed by atoms with Gasteiger partial charge < -0.3 is 10.6 Å². The van der Waals surface area contributed by atoms with Crippen LogP contribution in [0.2, 0.25) is 0 Å². The van der Waals surface area contributed by atoms with Gasteiger partial charge in [-0.25, -0.2) is 0 Å². The molecule has 2 aromatic heterocycles. The first-order chi connectivity index (χ1) is 10.6. The summed E-state index contributed by atoms with van der Waals surface area (Å²) in [4.78, 5) is 29.4. The number of nitrogens with one attached hydrogen (secondary N) is 1. The molecule has 2 aromatic rings. The smallest absolute Gasteiger partial charge is 0.271 e. The van der Waals surface area contributed by atoms with E-state index in [4.69, 9.17) is 5.73 Å². The Morgan fingerprint density at radius 3 is 2.73 bits per heavy atom. The number of amides is 2. The van der Waals surface area contributed by atoms with Crippen molar-refractivity contribution in [3.05, 3.63) is 36.3 Å². The molecule has 0 aliphatic carbocycles. The predicted molar refractivity (Wildman–Crippen MR) is 79.6 cm³/mol. The highest BCUT2D eigenvalue weighted by molar-refractivity contribution is 5.93. The first-order valence-electron chi connectivity index (χ1n) is 7.19. The zero-order chi connectivity index (χ0) is 15.5. The van der Waals surface area contributed by atoms with E-state index in [1.54, 1.807) is 23.4 Å². The minimum Gasteiger partial charge on any atom is -0.369 e. The van der Waals surface area contributed by atoms with Crippen molar-refractivity contribution < 1.29 is 9.59 Å². The molecule has 1 fully saturated rings. The van der Waals surface area contributed by atoms with Gasteiger partial charge in [-0.3, -0.25) is 19.7 Å². The van der Waals surface area contributed by atoms with Crippen LogP contribution in [-0.4, -0.2) is 45.0 Å². The van der Waals surface area contributed by atoms with Crippen LogP contribution in [-0.2, 0) is 4.79 Å². The molecule has 3 heterocycles. The van der Waals surface area contributed by atoms with E-state index in [2.05, 4.69) is 15.2 Å². The quantitative estimate of drug-likeness (QED) is 0.874. The summed E-state index contributed by atoms with van der Waals surface area (Å²) < 4.78 is 0. The van der Waals surface area contributed by atoms with Crippen molar-refractivity contribution in [1.29, 1.82) is 0 Å². The summed E-state index contributed by atoms with van der Waals surface area (Å²) in [6.07, 6.45) is 4.61. The monoisotopic (exact) mass is 299 g/mol. The zero-order valence-electron chi connectivity index (χ0n) is 12.0. The Balaban J connectivity index is 1.69. The lowest BCUT2D eigenvalue weighted by molar-refractivity contribution is -0.123. The van der Waals surface area contributed by atoms with Gasteiger partial charge in [0, 0.05) is 37.0 Å². The van der Waals surface area contributed by atoms with Crippen LogP contribution < -0.4 is 5.73 Å². The maximum absolute atomic E-state index is 12.4. The standard InChI is InChI=1S/C15H17N5O2/c16-14(21)10-3-6-20(7-4-10)15(22)13-8-12(18-19-13)11-2-1-5-17-9-11/h1-2,5,8-10H,3-4,6-7H2,(H2,16,21)(H,18,19).